The SMILES string of the molecule is COC(=O)c1ccc(/C=C2\Oc3cc(OC)cc(C)c3C2=O)cc1. The molecular weight excluding hydrogens is 308 g/mol. The summed E-state index contributed by atoms with van der Waals surface area (Å²) in [7, 11) is 2.90. The monoisotopic (exact) mass is 324 g/mol. The van der Waals surface area contributed by atoms with E-state index >= 15 is 0 Å². The predicted octanol–water partition coefficient (Wildman–Crippen LogP) is 3.41. The number of benzene rings is 2. The first-order valence-corrected chi connectivity index (χ1v) is 7.34. The Morgan fingerprint density at radius 3 is 2.46 bits per heavy atom. The van der Waals surface area contributed by atoms with Crippen LogP contribution < -0.4 is 9.47 Å². The second kappa shape index (κ2) is 6.20. The zero-order valence-electron chi connectivity index (χ0n) is 13.6. The summed E-state index contributed by atoms with van der Waals surface area (Å²) in [6.45, 7) is 1.84. The van der Waals surface area contributed by atoms with E-state index in [0.717, 1.165) is 11.1 Å². The molecule has 1 aliphatic rings. The van der Waals surface area contributed by atoms with Crippen molar-refractivity contribution in [2.45, 2.75) is 6.92 Å². The molecule has 1 heterocycles. The van der Waals surface area contributed by atoms with Gasteiger partial charge in [0.25, 0.3) is 0 Å². The van der Waals surface area contributed by atoms with Crippen LogP contribution in [0.3, 0.4) is 0 Å². The van der Waals surface area contributed by atoms with Crippen LogP contribution in [0.15, 0.2) is 42.2 Å². The summed E-state index contributed by atoms with van der Waals surface area (Å²) in [6.07, 6.45) is 1.65. The zero-order chi connectivity index (χ0) is 17.3. The number of methoxy groups -OCH3 is 2. The summed E-state index contributed by atoms with van der Waals surface area (Å²) in [5.74, 6) is 0.809. The van der Waals surface area contributed by atoms with Crippen LogP contribution in [0.1, 0.15) is 31.8 Å². The number of hydrogen-bond acceptors (Lipinski definition) is 5. The van der Waals surface area contributed by atoms with Crippen LogP contribution in [0.4, 0.5) is 0 Å². The molecule has 0 amide bonds. The number of carbonyl (C=O) groups is 2. The van der Waals surface area contributed by atoms with Crippen molar-refractivity contribution < 1.29 is 23.8 Å². The Morgan fingerprint density at radius 1 is 1.12 bits per heavy atom. The quantitative estimate of drug-likeness (QED) is 0.639. The van der Waals surface area contributed by atoms with Gasteiger partial charge in [-0.3, -0.25) is 4.79 Å². The normalized spacial score (nSPS) is 14.3. The molecule has 0 aliphatic carbocycles. The molecule has 5 heteroatoms. The van der Waals surface area contributed by atoms with Crippen molar-refractivity contribution in [3.05, 3.63) is 64.4 Å². The molecule has 0 radical (unpaired) electrons. The predicted molar refractivity (Wildman–Crippen MR) is 88.4 cm³/mol. The smallest absolute Gasteiger partial charge is 0.337 e. The van der Waals surface area contributed by atoms with E-state index in [-0.39, 0.29) is 11.5 Å². The standard InChI is InChI=1S/C19H16O5/c1-11-8-14(22-2)10-15-17(11)18(20)16(24-15)9-12-4-6-13(7-5-12)19(21)23-3/h4-10H,1-3H3/b16-9-. The van der Waals surface area contributed by atoms with Crippen molar-refractivity contribution in [3.8, 4) is 11.5 Å². The Bertz CT molecular complexity index is 847. The number of allylic oxidation sites excluding steroid dienone is 1. The van der Waals surface area contributed by atoms with Crippen molar-refractivity contribution in [3.63, 3.8) is 0 Å². The molecular formula is C19H16O5. The number of ketones is 1. The van der Waals surface area contributed by atoms with E-state index in [4.69, 9.17) is 9.47 Å². The summed E-state index contributed by atoms with van der Waals surface area (Å²) in [4.78, 5) is 24.0. The molecule has 0 spiro atoms. The van der Waals surface area contributed by atoms with Crippen molar-refractivity contribution in [1.29, 1.82) is 0 Å². The Hall–Kier alpha value is -3.08. The number of carbonyl (C=O) groups excluding carboxylic acids is 2. The molecule has 0 unspecified atom stereocenters. The van der Waals surface area contributed by atoms with Gasteiger partial charge in [-0.2, -0.15) is 0 Å². The van der Waals surface area contributed by atoms with Gasteiger partial charge in [-0.05, 0) is 42.3 Å². The van der Waals surface area contributed by atoms with Crippen molar-refractivity contribution >= 4 is 17.8 Å². The summed E-state index contributed by atoms with van der Waals surface area (Å²) in [5.41, 5.74) is 2.55. The molecule has 0 fully saturated rings. The first-order valence-electron chi connectivity index (χ1n) is 7.34. The lowest BCUT2D eigenvalue weighted by Crippen LogP contribution is -2.01. The maximum absolute atomic E-state index is 12.5. The van der Waals surface area contributed by atoms with E-state index in [1.807, 2.05) is 6.92 Å². The molecule has 1 aliphatic heterocycles. The largest absolute Gasteiger partial charge is 0.497 e. The van der Waals surface area contributed by atoms with Gasteiger partial charge in [0.05, 0.1) is 25.3 Å². The van der Waals surface area contributed by atoms with Crippen molar-refractivity contribution in [2.24, 2.45) is 0 Å². The van der Waals surface area contributed by atoms with Gasteiger partial charge in [-0.1, -0.05) is 12.1 Å². The third-order valence-electron chi connectivity index (χ3n) is 3.81. The first kappa shape index (κ1) is 15.8. The summed E-state index contributed by atoms with van der Waals surface area (Å²) in [6, 6.07) is 10.2. The fourth-order valence-corrected chi connectivity index (χ4v) is 2.58. The minimum Gasteiger partial charge on any atom is -0.497 e. The number of fused-ring (bicyclic) bond motifs is 1. The fraction of sp³-hybridized carbons (Fsp3) is 0.158. The lowest BCUT2D eigenvalue weighted by molar-refractivity contribution is 0.0600. The topological polar surface area (TPSA) is 61.8 Å². The highest BCUT2D eigenvalue weighted by Crippen LogP contribution is 2.37. The maximum atomic E-state index is 12.5. The van der Waals surface area contributed by atoms with Gasteiger partial charge >= 0.3 is 5.97 Å². The molecule has 0 bridgehead atoms. The average Bonchev–Trinajstić information content (AvgIpc) is 2.91. The first-order chi connectivity index (χ1) is 11.5. The third kappa shape index (κ3) is 2.76. The van der Waals surface area contributed by atoms with E-state index in [2.05, 4.69) is 4.74 Å². The molecule has 3 rings (SSSR count). The van der Waals surface area contributed by atoms with E-state index < -0.39 is 5.97 Å². The van der Waals surface area contributed by atoms with E-state index in [9.17, 15) is 9.59 Å². The minimum atomic E-state index is -0.405. The van der Waals surface area contributed by atoms with E-state index in [1.54, 1.807) is 49.6 Å². The van der Waals surface area contributed by atoms with Gasteiger partial charge < -0.3 is 14.2 Å². The van der Waals surface area contributed by atoms with Crippen molar-refractivity contribution in [1.82, 2.24) is 0 Å². The van der Waals surface area contributed by atoms with E-state index in [0.29, 0.717) is 22.6 Å². The lowest BCUT2D eigenvalue weighted by atomic mass is 10.0. The lowest BCUT2D eigenvalue weighted by Gasteiger charge is -2.04. The highest BCUT2D eigenvalue weighted by molar-refractivity contribution is 6.15. The molecule has 122 valence electrons. The van der Waals surface area contributed by atoms with E-state index in [1.165, 1.54) is 7.11 Å². The molecule has 5 nitrogen and oxygen atoms in total. The minimum absolute atomic E-state index is 0.165. The average molecular weight is 324 g/mol. The van der Waals surface area contributed by atoms with Gasteiger partial charge in [0, 0.05) is 6.07 Å². The van der Waals surface area contributed by atoms with Crippen LogP contribution in [-0.4, -0.2) is 26.0 Å². The number of rotatable bonds is 3. The Kier molecular flexibility index (Phi) is 4.08. The third-order valence-corrected chi connectivity index (χ3v) is 3.81. The highest BCUT2D eigenvalue weighted by Gasteiger charge is 2.29. The van der Waals surface area contributed by atoms with Crippen LogP contribution in [0.25, 0.3) is 6.08 Å². The molecule has 2 aromatic carbocycles. The Morgan fingerprint density at radius 2 is 1.83 bits per heavy atom. The molecule has 0 saturated heterocycles. The van der Waals surface area contributed by atoms with Gasteiger partial charge in [0.2, 0.25) is 5.78 Å². The number of hydrogen-bond donors (Lipinski definition) is 0. The van der Waals surface area contributed by atoms with Crippen LogP contribution in [-0.2, 0) is 4.74 Å². The Balaban J connectivity index is 1.91. The number of ether oxygens (including phenoxy) is 3. The van der Waals surface area contributed by atoms with Gasteiger partial charge in [-0.15, -0.1) is 0 Å². The van der Waals surface area contributed by atoms with Crippen LogP contribution in [0.5, 0.6) is 11.5 Å². The molecule has 0 aromatic heterocycles. The Labute approximate surface area is 139 Å². The summed E-state index contributed by atoms with van der Waals surface area (Å²) in [5, 5.41) is 0. The second-order valence-electron chi connectivity index (χ2n) is 5.37. The summed E-state index contributed by atoms with van der Waals surface area (Å²) < 4.78 is 15.5. The number of aryl methyl sites for hydroxylation is 1. The molecule has 0 atom stereocenters. The van der Waals surface area contributed by atoms with Gasteiger partial charge in [0.15, 0.2) is 5.76 Å². The number of esters is 1. The van der Waals surface area contributed by atoms with Crippen LogP contribution in [0, 0.1) is 6.92 Å². The second-order valence-corrected chi connectivity index (χ2v) is 5.37. The molecule has 0 N–H and O–H groups in total. The number of Topliss-reactive ketones (excluding diaryl/α,β-unsaturated/α-hetero) is 1. The van der Waals surface area contributed by atoms with Crippen molar-refractivity contribution in [2.75, 3.05) is 14.2 Å². The summed E-state index contributed by atoms with van der Waals surface area (Å²) >= 11 is 0. The maximum Gasteiger partial charge on any atom is 0.337 e. The van der Waals surface area contributed by atoms with Gasteiger partial charge in [-0.25, -0.2) is 4.79 Å². The van der Waals surface area contributed by atoms with Crippen LogP contribution in [0.2, 0.25) is 0 Å². The highest BCUT2D eigenvalue weighted by atomic mass is 16.5. The molecule has 24 heavy (non-hydrogen) atoms. The molecule has 2 aromatic rings. The fourth-order valence-electron chi connectivity index (χ4n) is 2.58. The zero-order valence-corrected chi connectivity index (χ0v) is 13.6. The molecule has 0 saturated carbocycles. The van der Waals surface area contributed by atoms with Crippen LogP contribution >= 0.6 is 0 Å². The van der Waals surface area contributed by atoms with Gasteiger partial charge in [0.1, 0.15) is 11.5 Å².